The van der Waals surface area contributed by atoms with Crippen molar-refractivity contribution in [3.05, 3.63) is 54.4 Å². The molecule has 1 aromatic heterocycles. The number of aromatic nitrogens is 1. The predicted octanol–water partition coefficient (Wildman–Crippen LogP) is 2.52. The minimum Gasteiger partial charge on any atom is -0.497 e. The summed E-state index contributed by atoms with van der Waals surface area (Å²) < 4.78 is 32.7. The summed E-state index contributed by atoms with van der Waals surface area (Å²) in [6.45, 7) is 1.45. The van der Waals surface area contributed by atoms with Crippen molar-refractivity contribution < 1.29 is 17.9 Å². The van der Waals surface area contributed by atoms with Crippen LogP contribution in [0.15, 0.2) is 48.8 Å². The number of urea groups is 1. The summed E-state index contributed by atoms with van der Waals surface area (Å²) in [6, 6.07) is 10.8. The molecule has 8 nitrogen and oxygen atoms in total. The van der Waals surface area contributed by atoms with Crippen LogP contribution in [0.3, 0.4) is 0 Å². The number of rotatable bonds is 5. The van der Waals surface area contributed by atoms with Crippen LogP contribution in [0.2, 0.25) is 0 Å². The van der Waals surface area contributed by atoms with E-state index in [4.69, 9.17) is 4.74 Å². The number of pyridine rings is 1. The minimum absolute atomic E-state index is 0.211. The van der Waals surface area contributed by atoms with Gasteiger partial charge in [-0.2, -0.15) is 0 Å². The Labute approximate surface area is 176 Å². The average molecular weight is 431 g/mol. The van der Waals surface area contributed by atoms with Gasteiger partial charge >= 0.3 is 6.03 Å². The van der Waals surface area contributed by atoms with Gasteiger partial charge in [-0.15, -0.1) is 0 Å². The van der Waals surface area contributed by atoms with Crippen molar-refractivity contribution in [2.75, 3.05) is 38.6 Å². The molecule has 2 aromatic rings. The Morgan fingerprint density at radius 1 is 1.13 bits per heavy atom. The first-order valence-electron chi connectivity index (χ1n) is 10.1. The third-order valence-corrected chi connectivity index (χ3v) is 8.09. The Balaban J connectivity index is 1.29. The van der Waals surface area contributed by atoms with E-state index in [0.717, 1.165) is 12.8 Å². The van der Waals surface area contributed by atoms with Crippen LogP contribution in [0.4, 0.5) is 10.5 Å². The fourth-order valence-electron chi connectivity index (χ4n) is 3.99. The molecule has 0 spiro atoms. The number of hydrogen-bond acceptors (Lipinski definition) is 5. The van der Waals surface area contributed by atoms with Gasteiger partial charge in [-0.25, -0.2) is 17.5 Å². The Kier molecular flexibility index (Phi) is 5.92. The maximum absolute atomic E-state index is 13.0. The van der Waals surface area contributed by atoms with Gasteiger partial charge in [0, 0.05) is 50.3 Å². The Morgan fingerprint density at radius 3 is 2.50 bits per heavy atom. The normalized spacial score (nSPS) is 18.6. The lowest BCUT2D eigenvalue weighted by Crippen LogP contribution is -2.61. The number of nitrogens with zero attached hydrogens (tertiary/aromatic N) is 3. The van der Waals surface area contributed by atoms with Gasteiger partial charge in [0.15, 0.2) is 0 Å². The van der Waals surface area contributed by atoms with Crippen LogP contribution < -0.4 is 10.1 Å². The highest BCUT2D eigenvalue weighted by Gasteiger charge is 2.43. The number of nitrogens with one attached hydrogen (secondary N) is 1. The van der Waals surface area contributed by atoms with E-state index in [1.165, 1.54) is 10.5 Å². The highest BCUT2D eigenvalue weighted by molar-refractivity contribution is 7.89. The lowest BCUT2D eigenvalue weighted by Gasteiger charge is -2.42. The van der Waals surface area contributed by atoms with Crippen molar-refractivity contribution in [2.45, 2.75) is 24.0 Å². The molecule has 2 amide bonds. The summed E-state index contributed by atoms with van der Waals surface area (Å²) in [4.78, 5) is 18.0. The first-order valence-corrected chi connectivity index (χ1v) is 11.6. The molecule has 0 saturated carbocycles. The minimum atomic E-state index is -3.40. The van der Waals surface area contributed by atoms with E-state index in [0.29, 0.717) is 30.4 Å². The molecule has 0 bridgehead atoms. The zero-order valence-corrected chi connectivity index (χ0v) is 17.7. The van der Waals surface area contributed by atoms with E-state index in [1.807, 2.05) is 12.1 Å². The third-order valence-electron chi connectivity index (χ3n) is 5.87. The third kappa shape index (κ3) is 4.27. The lowest BCUT2D eigenvalue weighted by molar-refractivity contribution is 0.179. The number of benzene rings is 1. The van der Waals surface area contributed by atoms with E-state index in [1.54, 1.807) is 48.1 Å². The highest BCUT2D eigenvalue weighted by Crippen LogP contribution is 2.31. The summed E-state index contributed by atoms with van der Waals surface area (Å²) in [5, 5.41) is 2.25. The monoisotopic (exact) mass is 430 g/mol. The van der Waals surface area contributed by atoms with Gasteiger partial charge in [0.1, 0.15) is 11.0 Å². The fraction of sp³-hybridized carbons (Fsp3) is 0.429. The number of hydrogen-bond donors (Lipinski definition) is 1. The number of ether oxygens (including phenoxy) is 1. The van der Waals surface area contributed by atoms with Crippen molar-refractivity contribution in [1.29, 1.82) is 0 Å². The molecule has 2 aliphatic heterocycles. The molecule has 1 aromatic carbocycles. The SMILES string of the molecule is COc1cccc(NC(=O)N2CC(S(=O)(=O)N3CCC(c4ccncc4)CC3)C2)c1. The summed E-state index contributed by atoms with van der Waals surface area (Å²) in [5.41, 5.74) is 1.83. The molecule has 0 aliphatic carbocycles. The molecule has 3 heterocycles. The van der Waals surface area contributed by atoms with Crippen LogP contribution in [0, 0.1) is 0 Å². The number of piperidine rings is 1. The van der Waals surface area contributed by atoms with Gasteiger partial charge in [-0.05, 0) is 48.6 Å². The van der Waals surface area contributed by atoms with Gasteiger partial charge in [0.05, 0.1) is 7.11 Å². The van der Waals surface area contributed by atoms with E-state index < -0.39 is 15.3 Å². The van der Waals surface area contributed by atoms with Crippen molar-refractivity contribution >= 4 is 21.7 Å². The molecule has 2 fully saturated rings. The fourth-order valence-corrected chi connectivity index (χ4v) is 5.86. The van der Waals surface area contributed by atoms with Crippen LogP contribution in [-0.2, 0) is 10.0 Å². The summed E-state index contributed by atoms with van der Waals surface area (Å²) in [7, 11) is -1.84. The lowest BCUT2D eigenvalue weighted by atomic mass is 9.91. The zero-order valence-electron chi connectivity index (χ0n) is 16.9. The maximum Gasteiger partial charge on any atom is 0.321 e. The molecule has 4 rings (SSSR count). The zero-order chi connectivity index (χ0) is 21.1. The Bertz CT molecular complexity index is 985. The first kappa shape index (κ1) is 20.6. The second-order valence-electron chi connectivity index (χ2n) is 7.69. The summed E-state index contributed by atoms with van der Waals surface area (Å²) in [5.74, 6) is 1.01. The largest absolute Gasteiger partial charge is 0.497 e. The number of anilines is 1. The molecule has 160 valence electrons. The second kappa shape index (κ2) is 8.61. The van der Waals surface area contributed by atoms with Gasteiger partial charge < -0.3 is 15.0 Å². The number of likely N-dealkylation sites (tertiary alicyclic amines) is 1. The van der Waals surface area contributed by atoms with Crippen LogP contribution in [-0.4, -0.2) is 67.2 Å². The second-order valence-corrected chi connectivity index (χ2v) is 9.90. The number of carbonyl (C=O) groups is 1. The van der Waals surface area contributed by atoms with Crippen LogP contribution >= 0.6 is 0 Å². The summed E-state index contributed by atoms with van der Waals surface area (Å²) in [6.07, 6.45) is 5.15. The van der Waals surface area contributed by atoms with Gasteiger partial charge in [0.25, 0.3) is 0 Å². The van der Waals surface area contributed by atoms with Gasteiger partial charge in [-0.1, -0.05) is 6.07 Å². The molecular formula is C21H26N4O4S. The average Bonchev–Trinajstić information content (AvgIpc) is 2.73. The van der Waals surface area contributed by atoms with E-state index in [-0.39, 0.29) is 19.1 Å². The number of sulfonamides is 1. The highest BCUT2D eigenvalue weighted by atomic mass is 32.2. The smallest absolute Gasteiger partial charge is 0.321 e. The molecular weight excluding hydrogens is 404 g/mol. The molecule has 9 heteroatoms. The van der Waals surface area contributed by atoms with Crippen molar-refractivity contribution in [1.82, 2.24) is 14.2 Å². The van der Waals surface area contributed by atoms with E-state index in [2.05, 4.69) is 10.3 Å². The van der Waals surface area contributed by atoms with E-state index >= 15 is 0 Å². The molecule has 2 aliphatic rings. The van der Waals surface area contributed by atoms with Crippen molar-refractivity contribution in [3.63, 3.8) is 0 Å². The maximum atomic E-state index is 13.0. The van der Waals surface area contributed by atoms with Crippen molar-refractivity contribution in [3.8, 4) is 5.75 Å². The number of methoxy groups -OCH3 is 1. The predicted molar refractivity (Wildman–Crippen MR) is 114 cm³/mol. The Hall–Kier alpha value is -2.65. The molecule has 30 heavy (non-hydrogen) atoms. The first-order chi connectivity index (χ1) is 14.5. The van der Waals surface area contributed by atoms with E-state index in [9.17, 15) is 13.2 Å². The number of amides is 2. The molecule has 2 saturated heterocycles. The quantitative estimate of drug-likeness (QED) is 0.787. The Morgan fingerprint density at radius 2 is 1.83 bits per heavy atom. The number of carbonyl (C=O) groups excluding carboxylic acids is 1. The molecule has 0 radical (unpaired) electrons. The van der Waals surface area contributed by atoms with Crippen LogP contribution in [0.25, 0.3) is 0 Å². The van der Waals surface area contributed by atoms with Gasteiger partial charge in [-0.3, -0.25) is 4.98 Å². The van der Waals surface area contributed by atoms with Crippen molar-refractivity contribution in [2.24, 2.45) is 0 Å². The molecule has 0 unspecified atom stereocenters. The summed E-state index contributed by atoms with van der Waals surface area (Å²) >= 11 is 0. The van der Waals surface area contributed by atoms with Crippen LogP contribution in [0.5, 0.6) is 5.75 Å². The molecule has 1 N–H and O–H groups in total. The molecule has 0 atom stereocenters. The van der Waals surface area contributed by atoms with Crippen LogP contribution in [0.1, 0.15) is 24.3 Å². The van der Waals surface area contributed by atoms with Gasteiger partial charge in [0.2, 0.25) is 10.0 Å². The topological polar surface area (TPSA) is 91.8 Å². The standard InChI is InChI=1S/C21H26N4O4S/c1-29-19-4-2-3-18(13-19)23-21(26)24-14-20(15-24)30(27,28)25-11-7-17(8-12-25)16-5-9-22-10-6-16/h2-6,9-10,13,17,20H,7-8,11-12,14-15H2,1H3,(H,23,26).